The standard InChI is InChI=1S/C13H17N3O2/c17-16(18)13-4-2-1-3-12(13)14-10-7-8-15(9-10)11-5-6-11/h1-4,10-11,14H,5-9H2. The summed E-state index contributed by atoms with van der Waals surface area (Å²) in [6.07, 6.45) is 3.71. The zero-order valence-corrected chi connectivity index (χ0v) is 10.2. The average Bonchev–Trinajstić information content (AvgIpc) is 3.11. The van der Waals surface area contributed by atoms with Crippen LogP contribution in [0.5, 0.6) is 0 Å². The molecule has 1 N–H and O–H groups in total. The molecule has 1 aliphatic carbocycles. The number of nitrogens with one attached hydrogen (secondary N) is 1. The Kier molecular flexibility index (Phi) is 2.91. The summed E-state index contributed by atoms with van der Waals surface area (Å²) in [4.78, 5) is 13.1. The number of likely N-dealkylation sites (tertiary alicyclic amines) is 1. The summed E-state index contributed by atoms with van der Waals surface area (Å²) in [5.74, 6) is 0. The Morgan fingerprint density at radius 1 is 1.28 bits per heavy atom. The van der Waals surface area contributed by atoms with Crippen LogP contribution in [0, 0.1) is 10.1 Å². The number of hydrogen-bond acceptors (Lipinski definition) is 4. The minimum atomic E-state index is -0.323. The highest BCUT2D eigenvalue weighted by molar-refractivity contribution is 5.61. The Hall–Kier alpha value is -1.62. The van der Waals surface area contributed by atoms with E-state index in [2.05, 4.69) is 10.2 Å². The van der Waals surface area contributed by atoms with Gasteiger partial charge in [0.25, 0.3) is 5.69 Å². The van der Waals surface area contributed by atoms with Crippen LogP contribution in [0.25, 0.3) is 0 Å². The first-order valence-electron chi connectivity index (χ1n) is 6.48. The molecule has 1 aliphatic heterocycles. The number of hydrogen-bond donors (Lipinski definition) is 1. The molecule has 1 atom stereocenters. The summed E-state index contributed by atoms with van der Waals surface area (Å²) in [5, 5.41) is 14.3. The Morgan fingerprint density at radius 2 is 2.06 bits per heavy atom. The number of anilines is 1. The van der Waals surface area contributed by atoms with Crippen LogP contribution in [0.3, 0.4) is 0 Å². The predicted octanol–water partition coefficient (Wildman–Crippen LogP) is 2.24. The number of para-hydroxylation sites is 2. The summed E-state index contributed by atoms with van der Waals surface area (Å²) in [5.41, 5.74) is 0.813. The molecular formula is C13H17N3O2. The van der Waals surface area contributed by atoms with E-state index in [0.29, 0.717) is 11.7 Å². The van der Waals surface area contributed by atoms with Crippen molar-refractivity contribution >= 4 is 11.4 Å². The fraction of sp³-hybridized carbons (Fsp3) is 0.538. The van der Waals surface area contributed by atoms with Gasteiger partial charge in [0.2, 0.25) is 0 Å². The largest absolute Gasteiger partial charge is 0.375 e. The van der Waals surface area contributed by atoms with Crippen LogP contribution in [-0.4, -0.2) is 35.0 Å². The third-order valence-corrected chi connectivity index (χ3v) is 3.74. The van der Waals surface area contributed by atoms with Crippen LogP contribution in [0.2, 0.25) is 0 Å². The number of nitro benzene ring substituents is 1. The second-order valence-corrected chi connectivity index (χ2v) is 5.13. The van der Waals surface area contributed by atoms with Gasteiger partial charge in [-0.3, -0.25) is 15.0 Å². The lowest BCUT2D eigenvalue weighted by molar-refractivity contribution is -0.384. The van der Waals surface area contributed by atoms with Crippen molar-refractivity contribution in [1.29, 1.82) is 0 Å². The Morgan fingerprint density at radius 3 is 2.78 bits per heavy atom. The summed E-state index contributed by atoms with van der Waals surface area (Å²) >= 11 is 0. The van der Waals surface area contributed by atoms with E-state index in [-0.39, 0.29) is 10.6 Å². The van der Waals surface area contributed by atoms with E-state index in [0.717, 1.165) is 25.6 Å². The smallest absolute Gasteiger partial charge is 0.292 e. The maximum Gasteiger partial charge on any atom is 0.292 e. The maximum absolute atomic E-state index is 10.9. The van der Waals surface area contributed by atoms with Crippen molar-refractivity contribution in [2.75, 3.05) is 18.4 Å². The fourth-order valence-corrected chi connectivity index (χ4v) is 2.65. The molecule has 0 aromatic heterocycles. The van der Waals surface area contributed by atoms with Crippen molar-refractivity contribution in [3.05, 3.63) is 34.4 Å². The molecule has 1 saturated heterocycles. The van der Waals surface area contributed by atoms with Crippen molar-refractivity contribution in [3.8, 4) is 0 Å². The third-order valence-electron chi connectivity index (χ3n) is 3.74. The van der Waals surface area contributed by atoms with Gasteiger partial charge in [-0.05, 0) is 25.3 Å². The highest BCUT2D eigenvalue weighted by Crippen LogP contribution is 2.31. The molecule has 5 heteroatoms. The van der Waals surface area contributed by atoms with Crippen molar-refractivity contribution < 1.29 is 4.92 Å². The summed E-state index contributed by atoms with van der Waals surface area (Å²) in [7, 11) is 0. The van der Waals surface area contributed by atoms with Gasteiger partial charge in [0.15, 0.2) is 0 Å². The summed E-state index contributed by atoms with van der Waals surface area (Å²) < 4.78 is 0. The van der Waals surface area contributed by atoms with E-state index < -0.39 is 0 Å². The molecule has 0 bridgehead atoms. The SMILES string of the molecule is O=[N+]([O-])c1ccccc1NC1CCN(C2CC2)C1. The number of nitrogens with zero attached hydrogens (tertiary/aromatic N) is 2. The van der Waals surface area contributed by atoms with Gasteiger partial charge in [-0.15, -0.1) is 0 Å². The quantitative estimate of drug-likeness (QED) is 0.655. The molecule has 1 aromatic rings. The zero-order valence-electron chi connectivity index (χ0n) is 10.2. The van der Waals surface area contributed by atoms with Crippen molar-refractivity contribution in [2.24, 2.45) is 0 Å². The summed E-state index contributed by atoms with van der Waals surface area (Å²) in [6, 6.07) is 8.00. The topological polar surface area (TPSA) is 58.4 Å². The van der Waals surface area contributed by atoms with Crippen LogP contribution < -0.4 is 5.32 Å². The van der Waals surface area contributed by atoms with Gasteiger partial charge < -0.3 is 5.32 Å². The number of nitro groups is 1. The van der Waals surface area contributed by atoms with Crippen LogP contribution >= 0.6 is 0 Å². The first-order chi connectivity index (χ1) is 8.74. The van der Waals surface area contributed by atoms with Gasteiger partial charge in [0.05, 0.1) is 4.92 Å². The van der Waals surface area contributed by atoms with Gasteiger partial charge in [0.1, 0.15) is 5.69 Å². The third kappa shape index (κ3) is 2.31. The van der Waals surface area contributed by atoms with Crippen LogP contribution in [0.1, 0.15) is 19.3 Å². The molecule has 5 nitrogen and oxygen atoms in total. The predicted molar refractivity (Wildman–Crippen MR) is 69.7 cm³/mol. The molecule has 1 aromatic carbocycles. The zero-order chi connectivity index (χ0) is 12.5. The van der Waals surface area contributed by atoms with E-state index in [1.165, 1.54) is 12.8 Å². The molecule has 1 saturated carbocycles. The van der Waals surface area contributed by atoms with E-state index >= 15 is 0 Å². The highest BCUT2D eigenvalue weighted by Gasteiger charge is 2.34. The fourth-order valence-electron chi connectivity index (χ4n) is 2.65. The van der Waals surface area contributed by atoms with Crippen LogP contribution in [0.15, 0.2) is 24.3 Å². The Labute approximate surface area is 106 Å². The van der Waals surface area contributed by atoms with Crippen molar-refractivity contribution in [1.82, 2.24) is 4.90 Å². The van der Waals surface area contributed by atoms with Crippen molar-refractivity contribution in [3.63, 3.8) is 0 Å². The van der Waals surface area contributed by atoms with Gasteiger partial charge in [-0.2, -0.15) is 0 Å². The minimum absolute atomic E-state index is 0.169. The lowest BCUT2D eigenvalue weighted by atomic mass is 10.2. The van der Waals surface area contributed by atoms with Crippen molar-refractivity contribution in [2.45, 2.75) is 31.3 Å². The monoisotopic (exact) mass is 247 g/mol. The normalized spacial score (nSPS) is 24.1. The summed E-state index contributed by atoms with van der Waals surface area (Å²) in [6.45, 7) is 2.12. The molecule has 2 aliphatic rings. The first kappa shape index (κ1) is 11.5. The average molecular weight is 247 g/mol. The lowest BCUT2D eigenvalue weighted by Gasteiger charge is -2.16. The molecule has 18 heavy (non-hydrogen) atoms. The Balaban J connectivity index is 1.67. The van der Waals surface area contributed by atoms with Gasteiger partial charge >= 0.3 is 0 Å². The molecule has 2 fully saturated rings. The maximum atomic E-state index is 10.9. The van der Waals surface area contributed by atoms with Crippen LogP contribution in [0.4, 0.5) is 11.4 Å². The second kappa shape index (κ2) is 4.57. The minimum Gasteiger partial charge on any atom is -0.375 e. The highest BCUT2D eigenvalue weighted by atomic mass is 16.6. The van der Waals surface area contributed by atoms with E-state index in [1.54, 1.807) is 18.2 Å². The lowest BCUT2D eigenvalue weighted by Crippen LogP contribution is -2.27. The molecule has 0 amide bonds. The number of benzene rings is 1. The molecule has 1 unspecified atom stereocenters. The molecular weight excluding hydrogens is 230 g/mol. The number of rotatable bonds is 4. The molecule has 1 heterocycles. The second-order valence-electron chi connectivity index (χ2n) is 5.13. The van der Waals surface area contributed by atoms with Crippen LogP contribution in [-0.2, 0) is 0 Å². The van der Waals surface area contributed by atoms with E-state index in [9.17, 15) is 10.1 Å². The molecule has 96 valence electrons. The molecule has 3 rings (SSSR count). The molecule has 0 radical (unpaired) electrons. The molecule has 0 spiro atoms. The van der Waals surface area contributed by atoms with E-state index in [1.807, 2.05) is 6.07 Å². The van der Waals surface area contributed by atoms with Gasteiger partial charge in [0, 0.05) is 31.2 Å². The Bertz CT molecular complexity index is 459. The van der Waals surface area contributed by atoms with Gasteiger partial charge in [-0.1, -0.05) is 12.1 Å². The van der Waals surface area contributed by atoms with E-state index in [4.69, 9.17) is 0 Å². The van der Waals surface area contributed by atoms with Gasteiger partial charge in [-0.25, -0.2) is 0 Å². The first-order valence-corrected chi connectivity index (χ1v) is 6.48.